The molecule has 2 N–H and O–H groups in total. The molecule has 11 nitrogen and oxygen atoms in total. The molecule has 2 aromatic heterocycles. The monoisotopic (exact) mass is 764 g/mol. The van der Waals surface area contributed by atoms with Gasteiger partial charge >= 0.3 is 12.5 Å². The molecule has 1 unspecified atom stereocenters. The third kappa shape index (κ3) is 7.48. The average molecular weight is 765 g/mol. The fourth-order valence-corrected chi connectivity index (χ4v) is 6.81. The largest absolute Gasteiger partial charge is 0.463 e. The summed E-state index contributed by atoms with van der Waals surface area (Å²) in [5, 5.41) is 7.45. The quantitative estimate of drug-likeness (QED) is 0.117. The lowest BCUT2D eigenvalue weighted by atomic mass is 9.75. The van der Waals surface area contributed by atoms with E-state index in [1.165, 1.54) is 37.3 Å². The first kappa shape index (κ1) is 37.8. The van der Waals surface area contributed by atoms with E-state index in [1.54, 1.807) is 0 Å². The first-order valence-corrected chi connectivity index (χ1v) is 16.8. The van der Waals surface area contributed by atoms with Gasteiger partial charge in [-0.3, -0.25) is 14.5 Å². The molecule has 1 fully saturated rings. The Hall–Kier alpha value is -4.93. The van der Waals surface area contributed by atoms with Gasteiger partial charge in [-0.2, -0.15) is 19.0 Å². The summed E-state index contributed by atoms with van der Waals surface area (Å²) < 4.78 is 90.9. The van der Waals surface area contributed by atoms with Crippen molar-refractivity contribution in [2.24, 2.45) is 22.1 Å². The summed E-state index contributed by atoms with van der Waals surface area (Å²) in [6, 6.07) is 6.81. The summed E-state index contributed by atoms with van der Waals surface area (Å²) in [5.74, 6) is -3.90. The number of carbonyl (C=O) groups excluding carboxylic acids is 2. The molecule has 6 rings (SSSR count). The zero-order valence-electron chi connectivity index (χ0n) is 28.9. The molecule has 0 radical (unpaired) electrons. The van der Waals surface area contributed by atoms with Crippen LogP contribution < -0.4 is 5.73 Å². The Bertz CT molecular complexity index is 2080. The van der Waals surface area contributed by atoms with Crippen molar-refractivity contribution >= 4 is 29.4 Å². The van der Waals surface area contributed by atoms with Gasteiger partial charge in [0.1, 0.15) is 24.4 Å². The molecule has 1 aliphatic carbocycles. The maximum Gasteiger partial charge on any atom is 0.333 e. The van der Waals surface area contributed by atoms with E-state index in [-0.39, 0.29) is 58.2 Å². The number of hydrogen-bond acceptors (Lipinski definition) is 8. The van der Waals surface area contributed by atoms with E-state index in [1.807, 2.05) is 20.8 Å². The number of aromatic nitrogens is 5. The zero-order valence-corrected chi connectivity index (χ0v) is 29.7. The molecular weight excluding hydrogens is 730 g/mol. The van der Waals surface area contributed by atoms with Gasteiger partial charge in [-0.15, -0.1) is 0 Å². The summed E-state index contributed by atoms with van der Waals surface area (Å²) in [4.78, 5) is 37.1. The molecule has 1 aliphatic heterocycles. The smallest absolute Gasteiger partial charge is 0.333 e. The Kier molecular flexibility index (Phi) is 9.85. The summed E-state index contributed by atoms with van der Waals surface area (Å²) in [5.41, 5.74) is 2.86. The zero-order chi connectivity index (χ0) is 38.6. The van der Waals surface area contributed by atoms with Crippen molar-refractivity contribution in [3.63, 3.8) is 0 Å². The number of hydrogen-bond donors (Lipinski definition) is 1. The lowest BCUT2D eigenvalue weighted by Gasteiger charge is -2.35. The van der Waals surface area contributed by atoms with Gasteiger partial charge in [-0.1, -0.05) is 50.6 Å². The van der Waals surface area contributed by atoms with E-state index in [9.17, 15) is 31.5 Å². The lowest BCUT2D eigenvalue weighted by Crippen LogP contribution is -2.47. The van der Waals surface area contributed by atoms with Crippen molar-refractivity contribution in [1.82, 2.24) is 29.4 Å². The highest BCUT2D eigenvalue weighted by molar-refractivity contribution is 6.32. The topological polar surface area (TPSA) is 134 Å². The Labute approximate surface area is 304 Å². The van der Waals surface area contributed by atoms with E-state index in [4.69, 9.17) is 22.1 Å². The van der Waals surface area contributed by atoms with E-state index in [2.05, 4.69) is 20.2 Å². The van der Waals surface area contributed by atoms with Crippen LogP contribution in [-0.4, -0.2) is 59.6 Å². The van der Waals surface area contributed by atoms with Crippen LogP contribution in [0.25, 0.3) is 16.8 Å². The van der Waals surface area contributed by atoms with Gasteiger partial charge in [-0.25, -0.2) is 36.9 Å². The van der Waals surface area contributed by atoms with Crippen molar-refractivity contribution in [1.29, 1.82) is 0 Å². The second-order valence-electron chi connectivity index (χ2n) is 14.5. The van der Waals surface area contributed by atoms with Crippen molar-refractivity contribution in [3.05, 3.63) is 82.9 Å². The Morgan fingerprint density at radius 1 is 1.13 bits per heavy atom. The Morgan fingerprint density at radius 3 is 2.45 bits per heavy atom. The molecule has 0 bridgehead atoms. The molecule has 1 saturated carbocycles. The summed E-state index contributed by atoms with van der Waals surface area (Å²) >= 11 is 6.43. The van der Waals surface area contributed by atoms with Gasteiger partial charge in [0.15, 0.2) is 17.3 Å². The Morgan fingerprint density at radius 2 is 1.85 bits per heavy atom. The number of alkyl halides is 5. The molecule has 4 aromatic rings. The molecule has 0 saturated heterocycles. The van der Waals surface area contributed by atoms with Crippen molar-refractivity contribution in [2.45, 2.75) is 77.2 Å². The highest BCUT2D eigenvalue weighted by Crippen LogP contribution is 2.49. The van der Waals surface area contributed by atoms with Crippen molar-refractivity contribution in [3.8, 4) is 16.8 Å². The third-order valence-corrected chi connectivity index (χ3v) is 9.61. The first-order valence-electron chi connectivity index (χ1n) is 16.5. The lowest BCUT2D eigenvalue weighted by molar-refractivity contribution is -0.148. The summed E-state index contributed by atoms with van der Waals surface area (Å²) in [7, 11) is 0. The Balaban J connectivity index is 1.42. The number of nitrogens with two attached hydrogens (primary N) is 1. The summed E-state index contributed by atoms with van der Waals surface area (Å²) in [6.07, 6.45) is -0.0732. The van der Waals surface area contributed by atoms with Crippen molar-refractivity contribution < 1.29 is 40.7 Å². The minimum atomic E-state index is -3.02. The van der Waals surface area contributed by atoms with Gasteiger partial charge in [0.05, 0.1) is 29.4 Å². The van der Waals surface area contributed by atoms with Crippen LogP contribution in [0.2, 0.25) is 5.02 Å². The molecule has 53 heavy (non-hydrogen) atoms. The molecule has 4 atom stereocenters. The fraction of sp³-hybridized carbons (Fsp3) is 0.429. The number of aliphatic imine (C=N–C) groups is 1. The predicted molar refractivity (Wildman–Crippen MR) is 180 cm³/mol. The molecule has 3 heterocycles. The minimum Gasteiger partial charge on any atom is -0.463 e. The normalized spacial score (nSPS) is 22.1. The molecule has 2 aromatic carbocycles. The molecule has 0 spiro atoms. The number of benzene rings is 2. The van der Waals surface area contributed by atoms with Crippen LogP contribution in [0.1, 0.15) is 82.9 Å². The highest BCUT2D eigenvalue weighted by atomic mass is 35.5. The van der Waals surface area contributed by atoms with Gasteiger partial charge < -0.3 is 10.5 Å². The molecule has 282 valence electrons. The standard InChI is InChI=1S/C35H35ClF6N8O3/c1-33(2,3)16-35(20-6-7-22(24(37)10-20)19-13-45-48(14-19)31(40)41)30(52)49(32(43)47-35)26(15-53-27(51)11-21-12-34(21,4)42)18-5-8-23(36)25(9-18)50-29(28(38)39)44-17-46-50/h5-10,13-14,17,21,26,28,31H,11-12,15-16H2,1-4H3,(H2,43,47)/t21-,26+,34?,35+/m0/s1. The van der Waals surface area contributed by atoms with Crippen LogP contribution in [0.5, 0.6) is 0 Å². The van der Waals surface area contributed by atoms with Crippen LogP contribution >= 0.6 is 11.6 Å². The summed E-state index contributed by atoms with van der Waals surface area (Å²) in [6.45, 7) is 3.41. The van der Waals surface area contributed by atoms with Crippen LogP contribution in [0.3, 0.4) is 0 Å². The van der Waals surface area contributed by atoms with Gasteiger partial charge in [-0.05, 0) is 54.5 Å². The molecule has 1 amide bonds. The van der Waals surface area contributed by atoms with Crippen LogP contribution in [0, 0.1) is 17.2 Å². The van der Waals surface area contributed by atoms with E-state index < -0.39 is 71.7 Å². The number of rotatable bonds is 12. The van der Waals surface area contributed by atoms with E-state index >= 15 is 4.39 Å². The van der Waals surface area contributed by atoms with Gasteiger partial charge in [0.25, 0.3) is 12.3 Å². The number of carbonyl (C=O) groups is 2. The molecule has 18 heteroatoms. The van der Waals surface area contributed by atoms with Gasteiger partial charge in [0.2, 0.25) is 0 Å². The molecular formula is C35H35ClF6N8O3. The van der Waals surface area contributed by atoms with E-state index in [0.717, 1.165) is 34.4 Å². The SMILES string of the molecule is CC(C)(C)C[C@]1(c2ccc(-c3cnn(C(F)F)c3)c(F)c2)N=C(N)N([C@H](COC(=O)C[C@H]2CC2(C)F)c2ccc(Cl)c(-n3ncnc3C(F)F)c2)C1=O. The number of halogens is 7. The highest BCUT2D eigenvalue weighted by Gasteiger charge is 2.54. The number of ether oxygens (including phenoxy) is 1. The van der Waals surface area contributed by atoms with Crippen molar-refractivity contribution in [2.75, 3.05) is 6.61 Å². The number of amides is 1. The first-order chi connectivity index (χ1) is 24.8. The van der Waals surface area contributed by atoms with Gasteiger partial charge in [0, 0.05) is 23.2 Å². The second kappa shape index (κ2) is 13.8. The fourth-order valence-electron chi connectivity index (χ4n) is 6.61. The maximum atomic E-state index is 15.8. The average Bonchev–Trinajstić information content (AvgIpc) is 3.52. The van der Waals surface area contributed by atoms with Crippen LogP contribution in [-0.2, 0) is 19.9 Å². The van der Waals surface area contributed by atoms with E-state index in [0.29, 0.717) is 4.68 Å². The molecule has 2 aliphatic rings. The third-order valence-electron chi connectivity index (χ3n) is 9.29. The second-order valence-corrected chi connectivity index (χ2v) is 15.0. The minimum absolute atomic E-state index is 0.000940. The maximum absolute atomic E-state index is 15.8. The van der Waals surface area contributed by atoms with Crippen LogP contribution in [0.4, 0.5) is 26.3 Å². The van der Waals surface area contributed by atoms with Crippen LogP contribution in [0.15, 0.2) is 60.1 Å². The number of guanidine groups is 1. The predicted octanol–water partition coefficient (Wildman–Crippen LogP) is 7.47. The number of nitrogens with zero attached hydrogens (tertiary/aromatic N) is 7. The number of esters is 1.